The van der Waals surface area contributed by atoms with E-state index in [0.717, 1.165) is 83.2 Å². The Hall–Kier alpha value is -3.81. The zero-order chi connectivity index (χ0) is 23.6. The zero-order valence-corrected chi connectivity index (χ0v) is 19.7. The van der Waals surface area contributed by atoms with Crippen molar-refractivity contribution in [2.45, 2.75) is 6.92 Å². The molecule has 5 heterocycles. The Morgan fingerprint density at radius 2 is 1.91 bits per heavy atom. The van der Waals surface area contributed by atoms with Gasteiger partial charge in [-0.15, -0.1) is 0 Å². The van der Waals surface area contributed by atoms with Gasteiger partial charge in [0.2, 0.25) is 0 Å². The van der Waals surface area contributed by atoms with Crippen LogP contribution in [0.1, 0.15) is 5.69 Å². The van der Waals surface area contributed by atoms with E-state index in [4.69, 9.17) is 19.6 Å². The second-order valence-electron chi connectivity index (χ2n) is 8.76. The molecule has 35 heavy (non-hydrogen) atoms. The minimum Gasteiger partial charge on any atom is -0.492 e. The second kappa shape index (κ2) is 9.44. The number of fused-ring (bicyclic) bond motifs is 2. The third-order valence-electron chi connectivity index (χ3n) is 6.43. The molecule has 0 radical (unpaired) electrons. The fraction of sp³-hybridized carbons (Fsp3) is 0.250. The molecule has 1 aromatic carbocycles. The summed E-state index contributed by atoms with van der Waals surface area (Å²) in [5.74, 6) is 0.829. The summed E-state index contributed by atoms with van der Waals surface area (Å²) in [7, 11) is 0. The first kappa shape index (κ1) is 21.7. The zero-order valence-electron chi connectivity index (χ0n) is 19.7. The number of ether oxygens (including phenoxy) is 2. The van der Waals surface area contributed by atoms with E-state index in [1.54, 1.807) is 0 Å². The smallest absolute Gasteiger partial charge is 0.121 e. The molecule has 1 fully saturated rings. The lowest BCUT2D eigenvalue weighted by Gasteiger charge is -2.26. The normalized spacial score (nSPS) is 14.5. The van der Waals surface area contributed by atoms with Gasteiger partial charge in [0.1, 0.15) is 18.1 Å². The van der Waals surface area contributed by atoms with Crippen molar-refractivity contribution >= 4 is 16.4 Å². The van der Waals surface area contributed by atoms with Crippen LogP contribution in [-0.2, 0) is 4.74 Å². The van der Waals surface area contributed by atoms with E-state index in [-0.39, 0.29) is 0 Å². The highest BCUT2D eigenvalue weighted by Crippen LogP contribution is 2.38. The van der Waals surface area contributed by atoms with Gasteiger partial charge >= 0.3 is 0 Å². The van der Waals surface area contributed by atoms with Gasteiger partial charge in [0.15, 0.2) is 0 Å². The second-order valence-corrected chi connectivity index (χ2v) is 8.76. The van der Waals surface area contributed by atoms with Gasteiger partial charge in [0, 0.05) is 54.7 Å². The minimum atomic E-state index is 0.641. The highest BCUT2D eigenvalue weighted by molar-refractivity contribution is 6.03. The van der Waals surface area contributed by atoms with Crippen LogP contribution in [0, 0.1) is 6.92 Å². The number of nitrogens with zero attached hydrogens (tertiary/aromatic N) is 5. The summed E-state index contributed by atoms with van der Waals surface area (Å²) < 4.78 is 13.4. The van der Waals surface area contributed by atoms with E-state index in [1.165, 1.54) is 0 Å². The Morgan fingerprint density at radius 3 is 2.80 bits per heavy atom. The van der Waals surface area contributed by atoms with Crippen LogP contribution in [0.25, 0.3) is 38.9 Å². The van der Waals surface area contributed by atoms with Gasteiger partial charge in [-0.2, -0.15) is 5.10 Å². The van der Waals surface area contributed by atoms with E-state index in [1.807, 2.05) is 66.3 Å². The van der Waals surface area contributed by atoms with E-state index < -0.39 is 0 Å². The number of pyridine rings is 3. The Kier molecular flexibility index (Phi) is 5.86. The first-order valence-corrected chi connectivity index (χ1v) is 12.0. The number of morpholine rings is 1. The molecule has 176 valence electrons. The highest BCUT2D eigenvalue weighted by Gasteiger charge is 2.19. The molecule has 0 bridgehead atoms. The summed E-state index contributed by atoms with van der Waals surface area (Å²) >= 11 is 0. The van der Waals surface area contributed by atoms with Gasteiger partial charge in [-0.05, 0) is 55.0 Å². The SMILES string of the molecule is Cc1cccc(-c2nn3ccccc3c2-c2ccnc3cc(OCCN4CCOCC4)ccc23)n1. The van der Waals surface area contributed by atoms with Crippen molar-refractivity contribution < 1.29 is 9.47 Å². The van der Waals surface area contributed by atoms with Crippen LogP contribution in [0.15, 0.2) is 73.1 Å². The molecular weight excluding hydrogens is 438 g/mol. The maximum absolute atomic E-state index is 6.07. The maximum Gasteiger partial charge on any atom is 0.121 e. The van der Waals surface area contributed by atoms with Crippen molar-refractivity contribution in [1.29, 1.82) is 0 Å². The van der Waals surface area contributed by atoms with Crippen LogP contribution >= 0.6 is 0 Å². The van der Waals surface area contributed by atoms with E-state index >= 15 is 0 Å². The fourth-order valence-corrected chi connectivity index (χ4v) is 4.67. The molecule has 6 rings (SSSR count). The van der Waals surface area contributed by atoms with Crippen molar-refractivity contribution in [3.8, 4) is 28.3 Å². The van der Waals surface area contributed by atoms with Crippen molar-refractivity contribution in [3.05, 3.63) is 78.8 Å². The Morgan fingerprint density at radius 1 is 1.00 bits per heavy atom. The van der Waals surface area contributed by atoms with Gasteiger partial charge in [0.05, 0.1) is 29.9 Å². The molecule has 5 aromatic rings. The summed E-state index contributed by atoms with van der Waals surface area (Å²) in [6.45, 7) is 7.06. The first-order valence-electron chi connectivity index (χ1n) is 12.0. The molecule has 0 saturated carbocycles. The lowest BCUT2D eigenvalue weighted by atomic mass is 9.98. The van der Waals surface area contributed by atoms with Crippen molar-refractivity contribution in [3.63, 3.8) is 0 Å². The molecule has 7 heteroatoms. The number of rotatable bonds is 6. The van der Waals surface area contributed by atoms with E-state index in [0.29, 0.717) is 6.61 Å². The fourth-order valence-electron chi connectivity index (χ4n) is 4.67. The molecule has 1 aliphatic rings. The minimum absolute atomic E-state index is 0.641. The summed E-state index contributed by atoms with van der Waals surface area (Å²) in [6.07, 6.45) is 3.83. The summed E-state index contributed by atoms with van der Waals surface area (Å²) in [6, 6.07) is 20.4. The lowest BCUT2D eigenvalue weighted by molar-refractivity contribution is 0.0322. The predicted octanol–water partition coefficient (Wildman–Crippen LogP) is 4.63. The van der Waals surface area contributed by atoms with Gasteiger partial charge in [-0.1, -0.05) is 12.1 Å². The van der Waals surface area contributed by atoms with Crippen LogP contribution in [0.4, 0.5) is 0 Å². The van der Waals surface area contributed by atoms with Crippen LogP contribution < -0.4 is 4.74 Å². The van der Waals surface area contributed by atoms with Crippen molar-refractivity contribution in [1.82, 2.24) is 24.5 Å². The average Bonchev–Trinajstić information content (AvgIpc) is 3.28. The quantitative estimate of drug-likeness (QED) is 0.364. The Labute approximate surface area is 204 Å². The highest BCUT2D eigenvalue weighted by atomic mass is 16.5. The van der Waals surface area contributed by atoms with Crippen LogP contribution in [0.3, 0.4) is 0 Å². The van der Waals surface area contributed by atoms with Gasteiger partial charge in [0.25, 0.3) is 0 Å². The molecular formula is C28H27N5O2. The lowest BCUT2D eigenvalue weighted by Crippen LogP contribution is -2.38. The average molecular weight is 466 g/mol. The first-order chi connectivity index (χ1) is 17.3. The molecule has 0 aliphatic carbocycles. The standard InChI is InChI=1S/C28H27N5O2/c1-20-5-4-6-24(30-20)28-27(26-7-2-3-12-33(26)31-28)23-10-11-29-25-19-21(8-9-22(23)25)35-18-15-32-13-16-34-17-14-32/h2-12,19H,13-18H2,1H3. The molecule has 1 saturated heterocycles. The monoisotopic (exact) mass is 465 g/mol. The number of aryl methyl sites for hydroxylation is 1. The number of hydrogen-bond donors (Lipinski definition) is 0. The third kappa shape index (κ3) is 4.36. The molecule has 0 amide bonds. The largest absolute Gasteiger partial charge is 0.492 e. The Bertz CT molecular complexity index is 1490. The summed E-state index contributed by atoms with van der Waals surface area (Å²) in [5, 5.41) is 5.96. The van der Waals surface area contributed by atoms with Gasteiger partial charge < -0.3 is 9.47 Å². The third-order valence-corrected chi connectivity index (χ3v) is 6.43. The van der Waals surface area contributed by atoms with Crippen LogP contribution in [-0.4, -0.2) is 63.9 Å². The van der Waals surface area contributed by atoms with Crippen LogP contribution in [0.2, 0.25) is 0 Å². The van der Waals surface area contributed by atoms with Crippen molar-refractivity contribution in [2.75, 3.05) is 39.5 Å². The summed E-state index contributed by atoms with van der Waals surface area (Å²) in [4.78, 5) is 11.8. The number of hydrogen-bond acceptors (Lipinski definition) is 6. The molecule has 0 spiro atoms. The van der Waals surface area contributed by atoms with E-state index in [9.17, 15) is 0 Å². The van der Waals surface area contributed by atoms with Crippen molar-refractivity contribution in [2.24, 2.45) is 0 Å². The van der Waals surface area contributed by atoms with Gasteiger partial charge in [-0.25, -0.2) is 4.52 Å². The number of benzene rings is 1. The topological polar surface area (TPSA) is 64.8 Å². The maximum atomic E-state index is 6.07. The Balaban J connectivity index is 1.38. The summed E-state index contributed by atoms with van der Waals surface area (Å²) in [5.41, 5.74) is 6.74. The van der Waals surface area contributed by atoms with E-state index in [2.05, 4.69) is 28.1 Å². The van der Waals surface area contributed by atoms with Crippen LogP contribution in [0.5, 0.6) is 5.75 Å². The van der Waals surface area contributed by atoms with Gasteiger partial charge in [-0.3, -0.25) is 14.9 Å². The molecule has 4 aromatic heterocycles. The number of aromatic nitrogens is 4. The molecule has 7 nitrogen and oxygen atoms in total. The predicted molar refractivity (Wildman–Crippen MR) is 137 cm³/mol. The molecule has 0 atom stereocenters. The molecule has 0 N–H and O–H groups in total. The molecule has 0 unspecified atom stereocenters. The molecule has 1 aliphatic heterocycles.